The van der Waals surface area contributed by atoms with Gasteiger partial charge in [0.2, 0.25) is 0 Å². The normalized spacial score (nSPS) is 10.9. The van der Waals surface area contributed by atoms with Gasteiger partial charge in [-0.1, -0.05) is 17.7 Å². The molecule has 2 rings (SSSR count). The lowest BCUT2D eigenvalue weighted by Crippen LogP contribution is -2.15. The molecule has 1 heterocycles. The fourth-order valence-electron chi connectivity index (χ4n) is 1.71. The summed E-state index contributed by atoms with van der Waals surface area (Å²) in [6, 6.07) is 5.10. The van der Waals surface area contributed by atoms with E-state index in [4.69, 9.17) is 4.42 Å². The van der Waals surface area contributed by atoms with E-state index >= 15 is 0 Å². The van der Waals surface area contributed by atoms with Gasteiger partial charge < -0.3 is 14.5 Å². The van der Waals surface area contributed by atoms with Crippen molar-refractivity contribution in [2.75, 3.05) is 0 Å². The second-order valence-corrected chi connectivity index (χ2v) is 4.07. The number of nitrogens with zero attached hydrogens (tertiary/aromatic N) is 1. The Morgan fingerprint density at radius 1 is 1.37 bits per heavy atom. The molecule has 0 amide bonds. The summed E-state index contributed by atoms with van der Waals surface area (Å²) in [5.41, 5.74) is 2.42. The number of alkyl halides is 2. The molecule has 0 aliphatic rings. The van der Waals surface area contributed by atoms with Crippen molar-refractivity contribution in [3.8, 4) is 5.75 Å². The minimum atomic E-state index is -2.82. The third-order valence-electron chi connectivity index (χ3n) is 2.54. The van der Waals surface area contributed by atoms with E-state index in [1.807, 2.05) is 13.0 Å². The highest BCUT2D eigenvalue weighted by Crippen LogP contribution is 2.22. The van der Waals surface area contributed by atoms with Crippen LogP contribution in [0.4, 0.5) is 8.78 Å². The molecular weight excluding hydrogens is 254 g/mol. The van der Waals surface area contributed by atoms with Gasteiger partial charge in [0.1, 0.15) is 12.0 Å². The Hall–Kier alpha value is -1.95. The lowest BCUT2D eigenvalue weighted by atomic mass is 10.1. The van der Waals surface area contributed by atoms with Gasteiger partial charge in [-0.3, -0.25) is 0 Å². The second-order valence-electron chi connectivity index (χ2n) is 4.07. The molecule has 0 spiro atoms. The van der Waals surface area contributed by atoms with E-state index in [1.165, 1.54) is 12.7 Å². The molecule has 0 aliphatic heterocycles. The van der Waals surface area contributed by atoms with E-state index in [0.717, 1.165) is 11.3 Å². The van der Waals surface area contributed by atoms with Gasteiger partial charge in [-0.15, -0.1) is 0 Å². The van der Waals surface area contributed by atoms with Gasteiger partial charge in [0, 0.05) is 18.7 Å². The van der Waals surface area contributed by atoms with E-state index < -0.39 is 6.61 Å². The molecule has 0 saturated carbocycles. The number of nitrogens with one attached hydrogen (secondary N) is 1. The summed E-state index contributed by atoms with van der Waals surface area (Å²) in [7, 11) is 0. The van der Waals surface area contributed by atoms with Crippen LogP contribution in [0.2, 0.25) is 0 Å². The molecule has 1 aromatic carbocycles. The molecule has 0 bridgehead atoms. The lowest BCUT2D eigenvalue weighted by Gasteiger charge is -2.12. The van der Waals surface area contributed by atoms with Crippen LogP contribution in [0.25, 0.3) is 0 Å². The first-order chi connectivity index (χ1) is 9.15. The summed E-state index contributed by atoms with van der Waals surface area (Å²) in [6.07, 6.45) is 2.87. The van der Waals surface area contributed by atoms with Gasteiger partial charge in [-0.05, 0) is 13.0 Å². The summed E-state index contributed by atoms with van der Waals surface area (Å²) < 4.78 is 33.9. The predicted octanol–water partition coefficient (Wildman–Crippen LogP) is 2.87. The van der Waals surface area contributed by atoms with Crippen LogP contribution in [0.1, 0.15) is 16.8 Å². The largest absolute Gasteiger partial charge is 0.451 e. The van der Waals surface area contributed by atoms with E-state index in [2.05, 4.69) is 15.0 Å². The summed E-state index contributed by atoms with van der Waals surface area (Å²) in [5.74, 6) is 0.188. The summed E-state index contributed by atoms with van der Waals surface area (Å²) in [4.78, 5) is 3.96. The average Bonchev–Trinajstić information content (AvgIpc) is 2.85. The first-order valence-corrected chi connectivity index (χ1v) is 5.77. The first-order valence-electron chi connectivity index (χ1n) is 5.77. The number of rotatable bonds is 6. The summed E-state index contributed by atoms with van der Waals surface area (Å²) >= 11 is 0. The number of ether oxygens (including phenoxy) is 1. The van der Waals surface area contributed by atoms with Crippen molar-refractivity contribution in [3.63, 3.8) is 0 Å². The number of benzene rings is 1. The zero-order valence-electron chi connectivity index (χ0n) is 10.4. The quantitative estimate of drug-likeness (QED) is 0.875. The maximum atomic E-state index is 12.3. The van der Waals surface area contributed by atoms with Gasteiger partial charge in [0.05, 0.1) is 5.69 Å². The molecule has 19 heavy (non-hydrogen) atoms. The smallest absolute Gasteiger partial charge is 0.387 e. The number of aromatic nitrogens is 1. The maximum Gasteiger partial charge on any atom is 0.387 e. The Morgan fingerprint density at radius 2 is 2.21 bits per heavy atom. The Balaban J connectivity index is 1.99. The standard InChI is InChI=1S/C13H14F2N2O2/c1-9-2-3-12(19-13(14)15)10(4-9)5-16-6-11-7-18-8-17-11/h2-4,7-8,13,16H,5-6H2,1H3. The molecule has 4 nitrogen and oxygen atoms in total. The van der Waals surface area contributed by atoms with Gasteiger partial charge >= 0.3 is 6.61 Å². The number of hydrogen-bond donors (Lipinski definition) is 1. The van der Waals surface area contributed by atoms with Crippen LogP contribution in [-0.4, -0.2) is 11.6 Å². The molecule has 1 N–H and O–H groups in total. The Labute approximate surface area is 109 Å². The number of aryl methyl sites for hydroxylation is 1. The summed E-state index contributed by atoms with van der Waals surface area (Å²) in [5, 5.41) is 3.10. The molecular formula is C13H14F2N2O2. The number of hydrogen-bond acceptors (Lipinski definition) is 4. The third kappa shape index (κ3) is 4.03. The van der Waals surface area contributed by atoms with Gasteiger partial charge in [0.15, 0.2) is 6.39 Å². The molecule has 0 radical (unpaired) electrons. The third-order valence-corrected chi connectivity index (χ3v) is 2.54. The minimum Gasteiger partial charge on any atom is -0.451 e. The highest BCUT2D eigenvalue weighted by Gasteiger charge is 2.09. The topological polar surface area (TPSA) is 47.3 Å². The molecule has 6 heteroatoms. The summed E-state index contributed by atoms with van der Waals surface area (Å²) in [6.45, 7) is -0.0142. The lowest BCUT2D eigenvalue weighted by molar-refractivity contribution is -0.0505. The van der Waals surface area contributed by atoms with Crippen molar-refractivity contribution in [2.24, 2.45) is 0 Å². The minimum absolute atomic E-state index is 0.188. The average molecular weight is 268 g/mol. The Bertz CT molecular complexity index is 515. The molecule has 0 atom stereocenters. The van der Waals surface area contributed by atoms with Crippen LogP contribution in [0.5, 0.6) is 5.75 Å². The number of oxazole rings is 1. The zero-order valence-corrected chi connectivity index (χ0v) is 10.4. The van der Waals surface area contributed by atoms with Crippen molar-refractivity contribution < 1.29 is 17.9 Å². The molecule has 0 aliphatic carbocycles. The molecule has 2 aromatic rings. The van der Waals surface area contributed by atoms with Crippen LogP contribution in [0.15, 0.2) is 35.3 Å². The SMILES string of the molecule is Cc1ccc(OC(F)F)c(CNCc2cocn2)c1. The van der Waals surface area contributed by atoms with Crippen molar-refractivity contribution in [1.29, 1.82) is 0 Å². The van der Waals surface area contributed by atoms with Gasteiger partial charge in [-0.25, -0.2) is 4.98 Å². The molecule has 102 valence electrons. The van der Waals surface area contributed by atoms with E-state index in [-0.39, 0.29) is 5.75 Å². The number of halogens is 2. The van der Waals surface area contributed by atoms with Crippen LogP contribution >= 0.6 is 0 Å². The fourth-order valence-corrected chi connectivity index (χ4v) is 1.71. The van der Waals surface area contributed by atoms with Crippen LogP contribution < -0.4 is 10.1 Å². The monoisotopic (exact) mass is 268 g/mol. The Kier molecular flexibility index (Phi) is 4.46. The van der Waals surface area contributed by atoms with Crippen molar-refractivity contribution >= 4 is 0 Å². The van der Waals surface area contributed by atoms with Crippen molar-refractivity contribution in [3.05, 3.63) is 47.7 Å². The molecule has 0 saturated heterocycles. The predicted molar refractivity (Wildman–Crippen MR) is 64.9 cm³/mol. The Morgan fingerprint density at radius 3 is 2.89 bits per heavy atom. The van der Waals surface area contributed by atoms with Crippen LogP contribution in [0, 0.1) is 6.92 Å². The molecule has 0 fully saturated rings. The first kappa shape index (κ1) is 13.5. The van der Waals surface area contributed by atoms with E-state index in [0.29, 0.717) is 18.7 Å². The van der Waals surface area contributed by atoms with Crippen LogP contribution in [0.3, 0.4) is 0 Å². The second kappa shape index (κ2) is 6.29. The maximum absolute atomic E-state index is 12.3. The van der Waals surface area contributed by atoms with Gasteiger partial charge in [0.25, 0.3) is 0 Å². The van der Waals surface area contributed by atoms with Crippen molar-refractivity contribution in [2.45, 2.75) is 26.6 Å². The molecule has 1 aromatic heterocycles. The van der Waals surface area contributed by atoms with E-state index in [9.17, 15) is 8.78 Å². The van der Waals surface area contributed by atoms with E-state index in [1.54, 1.807) is 12.1 Å². The highest BCUT2D eigenvalue weighted by atomic mass is 19.3. The van der Waals surface area contributed by atoms with Gasteiger partial charge in [-0.2, -0.15) is 8.78 Å². The molecule has 0 unspecified atom stereocenters. The zero-order chi connectivity index (χ0) is 13.7. The van der Waals surface area contributed by atoms with Crippen molar-refractivity contribution in [1.82, 2.24) is 10.3 Å². The van der Waals surface area contributed by atoms with Crippen LogP contribution in [-0.2, 0) is 13.1 Å². The highest BCUT2D eigenvalue weighted by molar-refractivity contribution is 5.36. The fraction of sp³-hybridized carbons (Fsp3) is 0.308.